The second kappa shape index (κ2) is 4.87. The number of nitrogens with zero attached hydrogens (tertiary/aromatic N) is 2. The number of rotatable bonds is 4. The first-order valence-corrected chi connectivity index (χ1v) is 5.30. The van der Waals surface area contributed by atoms with E-state index in [1.165, 1.54) is 18.5 Å². The lowest BCUT2D eigenvalue weighted by Crippen LogP contribution is -2.00. The average Bonchev–Trinajstić information content (AvgIpc) is 2.67. The van der Waals surface area contributed by atoms with E-state index >= 15 is 0 Å². The molecule has 0 spiro atoms. The maximum absolute atomic E-state index is 10.7. The summed E-state index contributed by atoms with van der Waals surface area (Å²) in [5.41, 5.74) is 0.887. The van der Waals surface area contributed by atoms with Gasteiger partial charge in [-0.2, -0.15) is 0 Å². The Morgan fingerprint density at radius 3 is 2.83 bits per heavy atom. The minimum Gasteiger partial charge on any atom is -0.482 e. The van der Waals surface area contributed by atoms with Crippen LogP contribution in [0, 0.1) is 13.8 Å². The van der Waals surface area contributed by atoms with Gasteiger partial charge in [0.05, 0.1) is 17.5 Å². The van der Waals surface area contributed by atoms with Crippen molar-refractivity contribution >= 4 is 5.97 Å². The molecule has 0 saturated carbocycles. The van der Waals surface area contributed by atoms with Gasteiger partial charge in [0.25, 0.3) is 0 Å². The van der Waals surface area contributed by atoms with E-state index in [-0.39, 0.29) is 12.2 Å². The molecule has 0 aromatic carbocycles. The molecule has 0 aliphatic rings. The fourth-order valence-electron chi connectivity index (χ4n) is 1.36. The molecular weight excluding hydrogens is 236 g/mol. The number of carboxylic acids is 1. The monoisotopic (exact) mass is 248 g/mol. The molecule has 0 unspecified atom stereocenters. The number of aryl methyl sites for hydroxylation is 2. The molecule has 2 aromatic heterocycles. The molecule has 2 aromatic rings. The largest absolute Gasteiger partial charge is 0.482 e. The SMILES string of the molecule is Cc1nc(COc2cncc(C(=O)O)c2)oc1C. The van der Waals surface area contributed by atoms with Crippen molar-refractivity contribution in [2.75, 3.05) is 0 Å². The molecule has 0 aliphatic heterocycles. The molecule has 94 valence electrons. The molecule has 18 heavy (non-hydrogen) atoms. The summed E-state index contributed by atoms with van der Waals surface area (Å²) >= 11 is 0. The van der Waals surface area contributed by atoms with Gasteiger partial charge in [-0.3, -0.25) is 4.98 Å². The van der Waals surface area contributed by atoms with Crippen molar-refractivity contribution in [1.82, 2.24) is 9.97 Å². The van der Waals surface area contributed by atoms with Crippen LogP contribution in [0.5, 0.6) is 5.75 Å². The third kappa shape index (κ3) is 2.65. The lowest BCUT2D eigenvalue weighted by atomic mass is 10.3. The first-order chi connectivity index (χ1) is 8.56. The van der Waals surface area contributed by atoms with E-state index in [1.54, 1.807) is 0 Å². The van der Waals surface area contributed by atoms with Crippen molar-refractivity contribution in [2.24, 2.45) is 0 Å². The highest BCUT2D eigenvalue weighted by Crippen LogP contribution is 2.14. The van der Waals surface area contributed by atoms with Crippen LogP contribution in [0.3, 0.4) is 0 Å². The predicted molar refractivity (Wildman–Crippen MR) is 61.5 cm³/mol. The lowest BCUT2D eigenvalue weighted by Gasteiger charge is -2.03. The Bertz CT molecular complexity index is 558. The smallest absolute Gasteiger partial charge is 0.337 e. The minimum atomic E-state index is -1.05. The fourth-order valence-corrected chi connectivity index (χ4v) is 1.36. The topological polar surface area (TPSA) is 85.5 Å². The summed E-state index contributed by atoms with van der Waals surface area (Å²) in [5.74, 6) is 0.510. The molecule has 1 N–H and O–H groups in total. The Labute approximate surface area is 103 Å². The standard InChI is InChI=1S/C12H12N2O4/c1-7-8(2)18-11(14-7)6-17-10-3-9(12(15)16)4-13-5-10/h3-5H,6H2,1-2H3,(H,15,16). The molecule has 0 saturated heterocycles. The van der Waals surface area contributed by atoms with Gasteiger partial charge in [-0.15, -0.1) is 0 Å². The first kappa shape index (κ1) is 12.1. The molecule has 0 atom stereocenters. The van der Waals surface area contributed by atoms with Crippen molar-refractivity contribution in [3.8, 4) is 5.75 Å². The zero-order valence-corrected chi connectivity index (χ0v) is 10.0. The summed E-state index contributed by atoms with van der Waals surface area (Å²) in [4.78, 5) is 18.7. The van der Waals surface area contributed by atoms with Gasteiger partial charge in [-0.25, -0.2) is 9.78 Å². The van der Waals surface area contributed by atoms with Gasteiger partial charge in [0.2, 0.25) is 5.89 Å². The Balaban J connectivity index is 2.06. The van der Waals surface area contributed by atoms with Crippen LogP contribution in [0.25, 0.3) is 0 Å². The van der Waals surface area contributed by atoms with E-state index in [4.69, 9.17) is 14.3 Å². The molecule has 0 fully saturated rings. The van der Waals surface area contributed by atoms with Crippen LogP contribution in [-0.4, -0.2) is 21.0 Å². The number of aromatic nitrogens is 2. The van der Waals surface area contributed by atoms with Gasteiger partial charge in [0.15, 0.2) is 6.61 Å². The zero-order valence-electron chi connectivity index (χ0n) is 10.0. The van der Waals surface area contributed by atoms with E-state index in [0.29, 0.717) is 11.6 Å². The average molecular weight is 248 g/mol. The maximum Gasteiger partial charge on any atom is 0.337 e. The van der Waals surface area contributed by atoms with E-state index in [0.717, 1.165) is 11.5 Å². The summed E-state index contributed by atoms with van der Waals surface area (Å²) in [6.45, 7) is 3.80. The van der Waals surface area contributed by atoms with Gasteiger partial charge in [-0.1, -0.05) is 0 Å². The van der Waals surface area contributed by atoms with Crippen molar-refractivity contribution in [3.05, 3.63) is 41.4 Å². The van der Waals surface area contributed by atoms with Gasteiger partial charge in [0, 0.05) is 6.20 Å². The van der Waals surface area contributed by atoms with Gasteiger partial charge >= 0.3 is 5.97 Å². The van der Waals surface area contributed by atoms with Crippen LogP contribution in [0.15, 0.2) is 22.9 Å². The molecule has 6 nitrogen and oxygen atoms in total. The van der Waals surface area contributed by atoms with Crippen molar-refractivity contribution in [2.45, 2.75) is 20.5 Å². The summed E-state index contributed by atoms with van der Waals surface area (Å²) in [7, 11) is 0. The maximum atomic E-state index is 10.7. The number of hydrogen-bond donors (Lipinski definition) is 1. The number of oxazole rings is 1. The van der Waals surface area contributed by atoms with Crippen molar-refractivity contribution in [1.29, 1.82) is 0 Å². The second-order valence-electron chi connectivity index (χ2n) is 3.75. The third-order valence-electron chi connectivity index (χ3n) is 2.40. The summed E-state index contributed by atoms with van der Waals surface area (Å²) in [6, 6.07) is 1.40. The van der Waals surface area contributed by atoms with Crippen LogP contribution in [0.2, 0.25) is 0 Å². The Morgan fingerprint density at radius 1 is 1.44 bits per heavy atom. The minimum absolute atomic E-state index is 0.0762. The Kier molecular flexibility index (Phi) is 3.27. The molecular formula is C12H12N2O4. The van der Waals surface area contributed by atoms with E-state index in [1.807, 2.05) is 13.8 Å². The summed E-state index contributed by atoms with van der Waals surface area (Å²) in [6.07, 6.45) is 2.70. The van der Waals surface area contributed by atoms with Gasteiger partial charge in [-0.05, 0) is 19.9 Å². The van der Waals surface area contributed by atoms with Crippen LogP contribution in [-0.2, 0) is 6.61 Å². The van der Waals surface area contributed by atoms with Crippen molar-refractivity contribution < 1.29 is 19.1 Å². The number of pyridine rings is 1. The molecule has 0 aliphatic carbocycles. The summed E-state index contributed by atoms with van der Waals surface area (Å²) in [5, 5.41) is 8.81. The van der Waals surface area contributed by atoms with Crippen LogP contribution >= 0.6 is 0 Å². The normalized spacial score (nSPS) is 10.3. The second-order valence-corrected chi connectivity index (χ2v) is 3.75. The molecule has 0 radical (unpaired) electrons. The highest BCUT2D eigenvalue weighted by molar-refractivity contribution is 5.87. The van der Waals surface area contributed by atoms with Crippen LogP contribution in [0.1, 0.15) is 27.7 Å². The number of aromatic carboxylic acids is 1. The van der Waals surface area contributed by atoms with E-state index in [9.17, 15) is 4.79 Å². The predicted octanol–water partition coefficient (Wildman–Crippen LogP) is 1.96. The molecule has 0 amide bonds. The Hall–Kier alpha value is -2.37. The highest BCUT2D eigenvalue weighted by Gasteiger charge is 2.08. The number of carbonyl (C=O) groups is 1. The number of carboxylic acid groups (broad SMARTS) is 1. The number of ether oxygens (including phenoxy) is 1. The fraction of sp³-hybridized carbons (Fsp3) is 0.250. The number of hydrogen-bond acceptors (Lipinski definition) is 5. The molecule has 6 heteroatoms. The summed E-state index contributed by atoms with van der Waals surface area (Å²) < 4.78 is 10.7. The zero-order chi connectivity index (χ0) is 13.1. The highest BCUT2D eigenvalue weighted by atomic mass is 16.5. The molecule has 2 rings (SSSR count). The molecule has 2 heterocycles. The first-order valence-electron chi connectivity index (χ1n) is 5.30. The molecule has 0 bridgehead atoms. The van der Waals surface area contributed by atoms with E-state index in [2.05, 4.69) is 9.97 Å². The Morgan fingerprint density at radius 2 is 2.22 bits per heavy atom. The van der Waals surface area contributed by atoms with Gasteiger partial charge < -0.3 is 14.3 Å². The quantitative estimate of drug-likeness (QED) is 0.890. The lowest BCUT2D eigenvalue weighted by molar-refractivity contribution is 0.0696. The van der Waals surface area contributed by atoms with Crippen LogP contribution < -0.4 is 4.74 Å². The van der Waals surface area contributed by atoms with Gasteiger partial charge in [0.1, 0.15) is 11.5 Å². The van der Waals surface area contributed by atoms with E-state index < -0.39 is 5.97 Å². The third-order valence-corrected chi connectivity index (χ3v) is 2.40. The van der Waals surface area contributed by atoms with Crippen LogP contribution in [0.4, 0.5) is 0 Å². The van der Waals surface area contributed by atoms with Crippen molar-refractivity contribution in [3.63, 3.8) is 0 Å².